The lowest BCUT2D eigenvalue weighted by atomic mass is 9.92. The number of para-hydroxylation sites is 1. The minimum Gasteiger partial charge on any atom is -0.492 e. The summed E-state index contributed by atoms with van der Waals surface area (Å²) in [5.74, 6) is 0.920. The first-order valence-electron chi connectivity index (χ1n) is 8.52. The topological polar surface area (TPSA) is 37.0 Å². The zero-order chi connectivity index (χ0) is 16.4. The van der Waals surface area contributed by atoms with Gasteiger partial charge in [-0.15, -0.1) is 0 Å². The van der Waals surface area contributed by atoms with Gasteiger partial charge >= 0.3 is 0 Å². The largest absolute Gasteiger partial charge is 0.492 e. The Kier molecular flexibility index (Phi) is 4.46. The summed E-state index contributed by atoms with van der Waals surface area (Å²) in [6, 6.07) is 16.4. The molecule has 1 aliphatic carbocycles. The molecule has 0 radical (unpaired) electrons. The Bertz CT molecular complexity index is 828. The van der Waals surface area contributed by atoms with E-state index in [0.717, 1.165) is 30.2 Å². The van der Waals surface area contributed by atoms with Crippen molar-refractivity contribution >= 4 is 22.5 Å². The van der Waals surface area contributed by atoms with E-state index >= 15 is 0 Å². The molecule has 2 aromatic carbocycles. The first-order valence-corrected chi connectivity index (χ1v) is 8.90. The van der Waals surface area contributed by atoms with Crippen LogP contribution >= 0.6 is 11.6 Å². The van der Waals surface area contributed by atoms with Gasteiger partial charge in [-0.1, -0.05) is 29.8 Å². The molecule has 1 unspecified atom stereocenters. The number of ether oxygens (including phenoxy) is 1. The van der Waals surface area contributed by atoms with Crippen LogP contribution in [0.4, 0.5) is 0 Å². The van der Waals surface area contributed by atoms with Crippen LogP contribution in [-0.4, -0.2) is 18.1 Å². The van der Waals surface area contributed by atoms with E-state index in [0.29, 0.717) is 12.6 Å². The van der Waals surface area contributed by atoms with E-state index in [4.69, 9.17) is 16.3 Å². The van der Waals surface area contributed by atoms with Gasteiger partial charge in [0.25, 0.3) is 0 Å². The second-order valence-electron chi connectivity index (χ2n) is 6.27. The van der Waals surface area contributed by atoms with Crippen molar-refractivity contribution in [3.63, 3.8) is 0 Å². The molecule has 0 aliphatic heterocycles. The van der Waals surface area contributed by atoms with Gasteiger partial charge in [0, 0.05) is 34.2 Å². The van der Waals surface area contributed by atoms with Crippen molar-refractivity contribution in [1.29, 1.82) is 0 Å². The van der Waals surface area contributed by atoms with Crippen molar-refractivity contribution in [3.05, 3.63) is 64.8 Å². The van der Waals surface area contributed by atoms with E-state index in [-0.39, 0.29) is 0 Å². The molecular formula is C20H21ClN2O. The van der Waals surface area contributed by atoms with Crippen LogP contribution in [0.3, 0.4) is 0 Å². The van der Waals surface area contributed by atoms with Crippen LogP contribution < -0.4 is 10.1 Å². The normalized spacial score (nSPS) is 17.0. The second kappa shape index (κ2) is 6.88. The van der Waals surface area contributed by atoms with Gasteiger partial charge in [0.2, 0.25) is 0 Å². The highest BCUT2D eigenvalue weighted by atomic mass is 35.5. The summed E-state index contributed by atoms with van der Waals surface area (Å²) >= 11 is 6.17. The van der Waals surface area contributed by atoms with Crippen LogP contribution in [0, 0.1) is 0 Å². The van der Waals surface area contributed by atoms with Gasteiger partial charge in [-0.25, -0.2) is 0 Å². The fourth-order valence-electron chi connectivity index (χ4n) is 3.56. The fourth-order valence-corrected chi connectivity index (χ4v) is 3.73. The Morgan fingerprint density at radius 2 is 2.04 bits per heavy atom. The third-order valence-electron chi connectivity index (χ3n) is 4.67. The van der Waals surface area contributed by atoms with E-state index in [1.54, 1.807) is 0 Å². The molecule has 1 heterocycles. The minimum absolute atomic E-state index is 0.360. The summed E-state index contributed by atoms with van der Waals surface area (Å²) in [7, 11) is 0. The Morgan fingerprint density at radius 3 is 2.92 bits per heavy atom. The molecule has 0 saturated heterocycles. The fraction of sp³-hybridized carbons (Fsp3) is 0.300. The monoisotopic (exact) mass is 340 g/mol. The number of halogens is 1. The molecule has 0 saturated carbocycles. The molecule has 0 spiro atoms. The lowest BCUT2D eigenvalue weighted by Crippen LogP contribution is -2.29. The van der Waals surface area contributed by atoms with Gasteiger partial charge in [0.15, 0.2) is 0 Å². The number of aromatic amines is 1. The van der Waals surface area contributed by atoms with Crippen molar-refractivity contribution in [2.24, 2.45) is 0 Å². The molecule has 0 amide bonds. The van der Waals surface area contributed by atoms with Crippen molar-refractivity contribution in [1.82, 2.24) is 10.3 Å². The third kappa shape index (κ3) is 3.14. The molecule has 3 nitrogen and oxygen atoms in total. The van der Waals surface area contributed by atoms with Crippen LogP contribution in [0.15, 0.2) is 48.5 Å². The quantitative estimate of drug-likeness (QED) is 0.650. The number of hydrogen-bond donors (Lipinski definition) is 2. The van der Waals surface area contributed by atoms with Gasteiger partial charge in [0.05, 0.1) is 0 Å². The average molecular weight is 341 g/mol. The molecule has 0 fully saturated rings. The van der Waals surface area contributed by atoms with Crippen LogP contribution in [-0.2, 0) is 6.42 Å². The highest BCUT2D eigenvalue weighted by molar-refractivity contribution is 6.31. The van der Waals surface area contributed by atoms with Crippen molar-refractivity contribution in [2.75, 3.05) is 13.2 Å². The smallest absolute Gasteiger partial charge is 0.119 e. The zero-order valence-corrected chi connectivity index (χ0v) is 14.3. The second-order valence-corrected chi connectivity index (χ2v) is 6.70. The highest BCUT2D eigenvalue weighted by Gasteiger charge is 2.23. The standard InChI is InChI=1S/C20H21ClN2O/c21-14-9-10-18-17(13-14)16-7-4-8-19(20(16)23-18)22-11-12-24-15-5-2-1-3-6-15/h1-3,5-6,9-10,13,19,22-23H,4,7-8,11-12H2. The number of H-pyrrole nitrogens is 1. The molecule has 1 aromatic heterocycles. The van der Waals surface area contributed by atoms with Gasteiger partial charge in [0.1, 0.15) is 12.4 Å². The van der Waals surface area contributed by atoms with Gasteiger partial charge in [-0.2, -0.15) is 0 Å². The van der Waals surface area contributed by atoms with Crippen LogP contribution in [0.2, 0.25) is 5.02 Å². The molecule has 2 N–H and O–H groups in total. The Balaban J connectivity index is 1.43. The van der Waals surface area contributed by atoms with E-state index in [9.17, 15) is 0 Å². The lowest BCUT2D eigenvalue weighted by molar-refractivity contribution is 0.300. The Labute approximate surface area is 147 Å². The number of hydrogen-bond acceptors (Lipinski definition) is 2. The number of fused-ring (bicyclic) bond motifs is 3. The number of rotatable bonds is 5. The molecule has 1 atom stereocenters. The predicted molar refractivity (Wildman–Crippen MR) is 98.9 cm³/mol. The van der Waals surface area contributed by atoms with Crippen LogP contribution in [0.1, 0.15) is 30.1 Å². The molecule has 124 valence electrons. The van der Waals surface area contributed by atoms with Crippen molar-refractivity contribution in [3.8, 4) is 5.75 Å². The van der Waals surface area contributed by atoms with E-state index in [1.165, 1.54) is 28.6 Å². The number of aromatic nitrogens is 1. The van der Waals surface area contributed by atoms with E-state index in [2.05, 4.69) is 22.4 Å². The van der Waals surface area contributed by atoms with Crippen LogP contribution in [0.5, 0.6) is 5.75 Å². The minimum atomic E-state index is 0.360. The summed E-state index contributed by atoms with van der Waals surface area (Å²) in [5.41, 5.74) is 3.91. The first kappa shape index (κ1) is 15.6. The Hall–Kier alpha value is -1.97. The first-order chi connectivity index (χ1) is 11.8. The van der Waals surface area contributed by atoms with E-state index in [1.807, 2.05) is 36.4 Å². The summed E-state index contributed by atoms with van der Waals surface area (Å²) in [4.78, 5) is 3.59. The van der Waals surface area contributed by atoms with Crippen molar-refractivity contribution in [2.45, 2.75) is 25.3 Å². The maximum Gasteiger partial charge on any atom is 0.119 e. The zero-order valence-electron chi connectivity index (χ0n) is 13.5. The predicted octanol–water partition coefficient (Wildman–Crippen LogP) is 4.87. The molecular weight excluding hydrogens is 320 g/mol. The summed E-state index contributed by atoms with van der Waals surface area (Å²) in [6.07, 6.45) is 3.47. The van der Waals surface area contributed by atoms with Crippen molar-refractivity contribution < 1.29 is 4.74 Å². The molecule has 1 aliphatic rings. The van der Waals surface area contributed by atoms with Gasteiger partial charge < -0.3 is 15.0 Å². The molecule has 4 rings (SSSR count). The number of aryl methyl sites for hydroxylation is 1. The third-order valence-corrected chi connectivity index (χ3v) is 4.91. The molecule has 0 bridgehead atoms. The number of nitrogens with one attached hydrogen (secondary N) is 2. The van der Waals surface area contributed by atoms with Gasteiger partial charge in [-0.05, 0) is 55.2 Å². The maximum atomic E-state index is 6.17. The summed E-state index contributed by atoms with van der Waals surface area (Å²) in [6.45, 7) is 1.50. The Morgan fingerprint density at radius 1 is 1.17 bits per heavy atom. The maximum absolute atomic E-state index is 6.17. The van der Waals surface area contributed by atoms with Crippen LogP contribution in [0.25, 0.3) is 10.9 Å². The SMILES string of the molecule is Clc1ccc2[nH]c3c(c2c1)CCCC3NCCOc1ccccc1. The molecule has 24 heavy (non-hydrogen) atoms. The lowest BCUT2D eigenvalue weighted by Gasteiger charge is -2.24. The van der Waals surface area contributed by atoms with E-state index < -0.39 is 0 Å². The number of benzene rings is 2. The summed E-state index contributed by atoms with van der Waals surface area (Å²) in [5, 5.41) is 5.70. The molecule has 4 heteroatoms. The average Bonchev–Trinajstić information content (AvgIpc) is 2.98. The highest BCUT2D eigenvalue weighted by Crippen LogP contribution is 2.35. The van der Waals surface area contributed by atoms with Gasteiger partial charge in [-0.3, -0.25) is 0 Å². The summed E-state index contributed by atoms with van der Waals surface area (Å²) < 4.78 is 5.77. The molecule has 3 aromatic rings.